The molecule has 2 heterocycles. The summed E-state index contributed by atoms with van der Waals surface area (Å²) in [6.07, 6.45) is 2.93. The fourth-order valence-electron chi connectivity index (χ4n) is 1.80. The van der Waals surface area contributed by atoms with Crippen molar-refractivity contribution in [2.45, 2.75) is 0 Å². The van der Waals surface area contributed by atoms with Crippen LogP contribution in [-0.4, -0.2) is 12.1 Å². The fourth-order valence-corrected chi connectivity index (χ4v) is 1.93. The number of halogens is 1. The highest BCUT2D eigenvalue weighted by Crippen LogP contribution is 2.23. The number of nitrogens with zero attached hydrogens (tertiary/aromatic N) is 1. The molecule has 0 unspecified atom stereocenters. The molecule has 0 saturated heterocycles. The number of nitrogens with one attached hydrogen (secondary N) is 1. The van der Waals surface area contributed by atoms with Crippen LogP contribution in [0.4, 0.5) is 0 Å². The zero-order chi connectivity index (χ0) is 15.4. The highest BCUT2D eigenvalue weighted by atomic mass is 35.5. The van der Waals surface area contributed by atoms with E-state index >= 15 is 0 Å². The summed E-state index contributed by atoms with van der Waals surface area (Å²) in [4.78, 5) is 11.9. The van der Waals surface area contributed by atoms with Crippen molar-refractivity contribution in [1.82, 2.24) is 5.43 Å². The van der Waals surface area contributed by atoms with Crippen molar-refractivity contribution < 1.29 is 13.6 Å². The topological polar surface area (TPSA) is 67.7 Å². The number of benzene rings is 1. The second-order valence-corrected chi connectivity index (χ2v) is 4.82. The quantitative estimate of drug-likeness (QED) is 0.585. The summed E-state index contributed by atoms with van der Waals surface area (Å²) < 4.78 is 10.6. The first kappa shape index (κ1) is 14.2. The summed E-state index contributed by atoms with van der Waals surface area (Å²) in [6, 6.07) is 13.9. The Morgan fingerprint density at radius 1 is 1.14 bits per heavy atom. The molecule has 0 bridgehead atoms. The number of carbonyl (C=O) groups excluding carboxylic acids is 1. The molecule has 0 aliphatic heterocycles. The van der Waals surface area contributed by atoms with Gasteiger partial charge in [0.15, 0.2) is 5.76 Å². The van der Waals surface area contributed by atoms with Gasteiger partial charge in [-0.05, 0) is 48.5 Å². The van der Waals surface area contributed by atoms with Crippen LogP contribution >= 0.6 is 11.6 Å². The molecule has 6 heteroatoms. The van der Waals surface area contributed by atoms with E-state index in [9.17, 15) is 4.79 Å². The second kappa shape index (κ2) is 6.32. The van der Waals surface area contributed by atoms with Crippen molar-refractivity contribution in [3.63, 3.8) is 0 Å². The van der Waals surface area contributed by atoms with E-state index in [0.717, 1.165) is 5.56 Å². The number of amides is 1. The van der Waals surface area contributed by atoms with Crippen molar-refractivity contribution >= 4 is 23.7 Å². The molecular formula is C16H11ClN2O3. The Labute approximate surface area is 131 Å². The minimum absolute atomic E-state index is 0.168. The maximum absolute atomic E-state index is 11.9. The zero-order valence-corrected chi connectivity index (χ0v) is 12.1. The first-order valence-corrected chi connectivity index (χ1v) is 6.83. The number of hydrogen-bond donors (Lipinski definition) is 1. The molecule has 2 aromatic heterocycles. The van der Waals surface area contributed by atoms with Gasteiger partial charge in [0.2, 0.25) is 0 Å². The van der Waals surface area contributed by atoms with Gasteiger partial charge in [-0.3, -0.25) is 4.79 Å². The van der Waals surface area contributed by atoms with Gasteiger partial charge < -0.3 is 8.83 Å². The molecule has 1 N–H and O–H groups in total. The van der Waals surface area contributed by atoms with Crippen LogP contribution in [0.25, 0.3) is 11.3 Å². The maximum atomic E-state index is 11.9. The summed E-state index contributed by atoms with van der Waals surface area (Å²) in [5.74, 6) is 0.850. The lowest BCUT2D eigenvalue weighted by Gasteiger charge is -1.97. The van der Waals surface area contributed by atoms with Gasteiger partial charge >= 0.3 is 5.91 Å². The molecule has 3 rings (SSSR count). The number of hydrazone groups is 1. The molecule has 0 radical (unpaired) electrons. The molecule has 1 amide bonds. The Hall–Kier alpha value is -2.79. The lowest BCUT2D eigenvalue weighted by atomic mass is 10.2. The lowest BCUT2D eigenvalue weighted by molar-refractivity contribution is 0.0928. The van der Waals surface area contributed by atoms with Crippen LogP contribution in [0.5, 0.6) is 0 Å². The van der Waals surface area contributed by atoms with E-state index in [1.807, 2.05) is 12.1 Å². The molecule has 5 nitrogen and oxygen atoms in total. The van der Waals surface area contributed by atoms with E-state index in [-0.39, 0.29) is 5.76 Å². The Kier molecular flexibility index (Phi) is 4.07. The third-order valence-electron chi connectivity index (χ3n) is 2.86. The monoisotopic (exact) mass is 314 g/mol. The molecule has 3 aromatic rings. The normalized spacial score (nSPS) is 11.0. The molecule has 0 atom stereocenters. The predicted molar refractivity (Wildman–Crippen MR) is 82.9 cm³/mol. The SMILES string of the molecule is O=C(N/N=C/c1ccco1)c1ccc(-c2ccc(Cl)cc2)o1. The molecule has 0 saturated carbocycles. The molecule has 0 fully saturated rings. The summed E-state index contributed by atoms with van der Waals surface area (Å²) in [5.41, 5.74) is 3.20. The summed E-state index contributed by atoms with van der Waals surface area (Å²) >= 11 is 5.84. The zero-order valence-electron chi connectivity index (χ0n) is 11.3. The Morgan fingerprint density at radius 2 is 1.95 bits per heavy atom. The molecule has 110 valence electrons. The van der Waals surface area contributed by atoms with Crippen LogP contribution < -0.4 is 5.43 Å². The van der Waals surface area contributed by atoms with Crippen LogP contribution in [0.2, 0.25) is 5.02 Å². The first-order valence-electron chi connectivity index (χ1n) is 6.45. The fraction of sp³-hybridized carbons (Fsp3) is 0. The standard InChI is InChI=1S/C16H11ClN2O3/c17-12-5-3-11(4-6-12)14-7-8-15(22-14)16(20)19-18-10-13-2-1-9-21-13/h1-10H,(H,19,20)/b18-10+. The van der Waals surface area contributed by atoms with Crippen molar-refractivity contribution in [2.24, 2.45) is 5.10 Å². The molecule has 1 aromatic carbocycles. The van der Waals surface area contributed by atoms with Crippen LogP contribution in [0.15, 0.2) is 68.7 Å². The number of carbonyl (C=O) groups is 1. The minimum atomic E-state index is -0.442. The number of hydrogen-bond acceptors (Lipinski definition) is 4. The summed E-state index contributed by atoms with van der Waals surface area (Å²) in [6.45, 7) is 0. The van der Waals surface area contributed by atoms with Crippen LogP contribution in [-0.2, 0) is 0 Å². The molecule has 0 spiro atoms. The molecule has 0 aliphatic rings. The van der Waals surface area contributed by atoms with Crippen LogP contribution in [0.3, 0.4) is 0 Å². The van der Waals surface area contributed by atoms with Gasteiger partial charge in [0, 0.05) is 10.6 Å². The highest BCUT2D eigenvalue weighted by Gasteiger charge is 2.11. The second-order valence-electron chi connectivity index (χ2n) is 4.39. The average Bonchev–Trinajstić information content (AvgIpc) is 3.19. The van der Waals surface area contributed by atoms with Gasteiger partial charge in [-0.15, -0.1) is 0 Å². The van der Waals surface area contributed by atoms with Crippen molar-refractivity contribution in [2.75, 3.05) is 0 Å². The maximum Gasteiger partial charge on any atom is 0.307 e. The van der Waals surface area contributed by atoms with Gasteiger partial charge in [0.25, 0.3) is 0 Å². The van der Waals surface area contributed by atoms with E-state index in [1.54, 1.807) is 36.4 Å². The van der Waals surface area contributed by atoms with Crippen molar-refractivity contribution in [3.05, 3.63) is 71.3 Å². The summed E-state index contributed by atoms with van der Waals surface area (Å²) in [7, 11) is 0. The van der Waals surface area contributed by atoms with E-state index < -0.39 is 5.91 Å². The minimum Gasteiger partial charge on any atom is -0.463 e. The van der Waals surface area contributed by atoms with Gasteiger partial charge in [-0.2, -0.15) is 5.10 Å². The number of furan rings is 2. The van der Waals surface area contributed by atoms with Crippen molar-refractivity contribution in [1.29, 1.82) is 0 Å². The first-order chi connectivity index (χ1) is 10.7. The Morgan fingerprint density at radius 3 is 2.68 bits per heavy atom. The van der Waals surface area contributed by atoms with Gasteiger partial charge in [0.1, 0.15) is 11.5 Å². The van der Waals surface area contributed by atoms with Crippen LogP contribution in [0.1, 0.15) is 16.3 Å². The molecule has 22 heavy (non-hydrogen) atoms. The van der Waals surface area contributed by atoms with E-state index in [4.69, 9.17) is 20.4 Å². The molecular weight excluding hydrogens is 304 g/mol. The van der Waals surface area contributed by atoms with E-state index in [2.05, 4.69) is 10.5 Å². The van der Waals surface area contributed by atoms with E-state index in [0.29, 0.717) is 16.5 Å². The lowest BCUT2D eigenvalue weighted by Crippen LogP contribution is -2.16. The third-order valence-corrected chi connectivity index (χ3v) is 3.11. The Bertz CT molecular complexity index is 789. The highest BCUT2D eigenvalue weighted by molar-refractivity contribution is 6.30. The van der Waals surface area contributed by atoms with Crippen molar-refractivity contribution in [3.8, 4) is 11.3 Å². The largest absolute Gasteiger partial charge is 0.463 e. The van der Waals surface area contributed by atoms with Gasteiger partial charge in [-0.1, -0.05) is 11.6 Å². The van der Waals surface area contributed by atoms with Gasteiger partial charge in [0.05, 0.1) is 12.5 Å². The van der Waals surface area contributed by atoms with E-state index in [1.165, 1.54) is 12.5 Å². The van der Waals surface area contributed by atoms with Gasteiger partial charge in [-0.25, -0.2) is 5.43 Å². The Balaban J connectivity index is 1.68. The third kappa shape index (κ3) is 3.27. The summed E-state index contributed by atoms with van der Waals surface area (Å²) in [5, 5.41) is 4.43. The average molecular weight is 315 g/mol. The predicted octanol–water partition coefficient (Wildman–Crippen LogP) is 3.96. The smallest absolute Gasteiger partial charge is 0.307 e. The van der Waals surface area contributed by atoms with Crippen LogP contribution in [0, 0.1) is 0 Å². The number of rotatable bonds is 4. The molecule has 0 aliphatic carbocycles.